The number of nitrogens with zero attached hydrogens (tertiary/aromatic N) is 1. The number of aryl methyl sites for hydroxylation is 1. The molecule has 30 heavy (non-hydrogen) atoms. The smallest absolute Gasteiger partial charge is 0.329 e. The second kappa shape index (κ2) is 6.68. The van der Waals surface area contributed by atoms with Crippen molar-refractivity contribution in [3.8, 4) is 0 Å². The summed E-state index contributed by atoms with van der Waals surface area (Å²) in [6, 6.07) is 1.66. The normalized spacial score (nSPS) is 27.4. The predicted octanol–water partition coefficient (Wildman–Crippen LogP) is 1.64. The Kier molecular flexibility index (Phi) is 4.41. The van der Waals surface area contributed by atoms with Crippen molar-refractivity contribution in [2.45, 2.75) is 62.6 Å². The average Bonchev–Trinajstić information content (AvgIpc) is 3.41. The van der Waals surface area contributed by atoms with E-state index in [9.17, 15) is 18.4 Å². The zero-order valence-electron chi connectivity index (χ0n) is 16.4. The van der Waals surface area contributed by atoms with Crippen molar-refractivity contribution in [2.24, 2.45) is 5.73 Å². The number of hydrogen-bond donors (Lipinski definition) is 2. The number of rotatable bonds is 3. The van der Waals surface area contributed by atoms with Crippen LogP contribution in [0.5, 0.6) is 0 Å². The highest BCUT2D eigenvalue weighted by atomic mass is 32.1. The predicted molar refractivity (Wildman–Crippen MR) is 109 cm³/mol. The number of thiophene rings is 1. The minimum atomic E-state index is -2.88. The molecule has 3 N–H and O–H groups in total. The molecule has 0 radical (unpaired) electrons. The molecule has 0 saturated heterocycles. The van der Waals surface area contributed by atoms with Gasteiger partial charge in [0, 0.05) is 28.8 Å². The second-order valence-corrected chi connectivity index (χ2v) is 9.64. The number of halogens is 3. The van der Waals surface area contributed by atoms with Gasteiger partial charge in [0.2, 0.25) is 0 Å². The maximum atomic E-state index is 15.3. The van der Waals surface area contributed by atoms with Crippen LogP contribution in [-0.2, 0) is 6.42 Å². The number of nitrogens with one attached hydrogen (secondary N) is 1. The number of alkyl halides is 3. The zero-order valence-corrected chi connectivity index (χ0v) is 17.2. The third kappa shape index (κ3) is 2.85. The summed E-state index contributed by atoms with van der Waals surface area (Å²) in [4.78, 5) is 28.6. The van der Waals surface area contributed by atoms with E-state index in [0.717, 1.165) is 17.7 Å². The summed E-state index contributed by atoms with van der Waals surface area (Å²) in [7, 11) is 0. The molecule has 0 spiro atoms. The summed E-state index contributed by atoms with van der Waals surface area (Å²) in [5.74, 6) is -4.66. The SMILES string of the molecule is CC1=c2c(c(=O)[nH]c(=O)n2C2CC2)=CC(F)C1c1cc2c(s1)CCC(F)(F)C2CN. The number of fused-ring (bicyclic) bond motifs is 2. The van der Waals surface area contributed by atoms with E-state index in [-0.39, 0.29) is 30.6 Å². The van der Waals surface area contributed by atoms with Crippen LogP contribution in [0.1, 0.15) is 59.4 Å². The molecule has 2 aromatic rings. The van der Waals surface area contributed by atoms with Crippen LogP contribution < -0.4 is 27.6 Å². The van der Waals surface area contributed by atoms with Crippen LogP contribution in [0.4, 0.5) is 13.2 Å². The molecule has 160 valence electrons. The first-order valence-corrected chi connectivity index (χ1v) is 11.0. The number of hydrogen-bond acceptors (Lipinski definition) is 4. The Bertz CT molecular complexity index is 1270. The molecule has 0 aliphatic heterocycles. The van der Waals surface area contributed by atoms with Crippen LogP contribution in [0.15, 0.2) is 15.7 Å². The van der Waals surface area contributed by atoms with Crippen LogP contribution in [0, 0.1) is 0 Å². The lowest BCUT2D eigenvalue weighted by Gasteiger charge is -2.30. The molecule has 2 heterocycles. The van der Waals surface area contributed by atoms with Gasteiger partial charge in [0.25, 0.3) is 11.5 Å². The van der Waals surface area contributed by atoms with Gasteiger partial charge in [-0.15, -0.1) is 11.3 Å². The molecule has 1 fully saturated rings. The summed E-state index contributed by atoms with van der Waals surface area (Å²) in [5, 5.41) is 0.646. The number of aromatic amines is 1. The molecule has 3 atom stereocenters. The van der Waals surface area contributed by atoms with Crippen molar-refractivity contribution in [1.29, 1.82) is 0 Å². The maximum Gasteiger partial charge on any atom is 0.329 e. The minimum Gasteiger partial charge on any atom is -0.330 e. The molecule has 0 bridgehead atoms. The van der Waals surface area contributed by atoms with Crippen molar-refractivity contribution >= 4 is 23.0 Å². The molecule has 3 unspecified atom stereocenters. The average molecular weight is 437 g/mol. The van der Waals surface area contributed by atoms with Gasteiger partial charge >= 0.3 is 5.69 Å². The highest BCUT2D eigenvalue weighted by molar-refractivity contribution is 7.12. The molecule has 9 heteroatoms. The first kappa shape index (κ1) is 19.8. The molecular weight excluding hydrogens is 415 g/mol. The number of aromatic nitrogens is 2. The van der Waals surface area contributed by atoms with E-state index < -0.39 is 35.2 Å². The first-order valence-electron chi connectivity index (χ1n) is 10.1. The molecule has 3 aliphatic rings. The topological polar surface area (TPSA) is 80.9 Å². The van der Waals surface area contributed by atoms with E-state index in [1.54, 1.807) is 17.6 Å². The number of H-pyrrole nitrogens is 1. The fourth-order valence-corrected chi connectivity index (χ4v) is 6.33. The van der Waals surface area contributed by atoms with Crippen LogP contribution in [0.2, 0.25) is 0 Å². The lowest BCUT2D eigenvalue weighted by Crippen LogP contribution is -2.57. The molecule has 3 aliphatic carbocycles. The summed E-state index contributed by atoms with van der Waals surface area (Å²) >= 11 is 1.34. The lowest BCUT2D eigenvalue weighted by molar-refractivity contribution is -0.0381. The fourth-order valence-electron chi connectivity index (χ4n) is 4.90. The third-order valence-electron chi connectivity index (χ3n) is 6.55. The van der Waals surface area contributed by atoms with Gasteiger partial charge in [-0.2, -0.15) is 0 Å². The van der Waals surface area contributed by atoms with Crippen LogP contribution in [0.25, 0.3) is 11.6 Å². The Morgan fingerprint density at radius 2 is 2.07 bits per heavy atom. The lowest BCUT2D eigenvalue weighted by atomic mass is 9.82. The summed E-state index contributed by atoms with van der Waals surface area (Å²) < 4.78 is 45.6. The van der Waals surface area contributed by atoms with Gasteiger partial charge in [-0.1, -0.05) is 0 Å². The molecule has 0 aromatic carbocycles. The summed E-state index contributed by atoms with van der Waals surface area (Å²) in [5.41, 5.74) is 5.66. The molecule has 0 amide bonds. The van der Waals surface area contributed by atoms with Gasteiger partial charge in [-0.3, -0.25) is 14.3 Å². The van der Waals surface area contributed by atoms with Crippen LogP contribution in [0.3, 0.4) is 0 Å². The Hall–Kier alpha value is -2.13. The van der Waals surface area contributed by atoms with Gasteiger partial charge in [0.1, 0.15) is 6.17 Å². The van der Waals surface area contributed by atoms with Crippen molar-refractivity contribution in [2.75, 3.05) is 6.54 Å². The van der Waals surface area contributed by atoms with Gasteiger partial charge in [0.15, 0.2) is 0 Å². The van der Waals surface area contributed by atoms with E-state index in [1.807, 2.05) is 0 Å². The van der Waals surface area contributed by atoms with Crippen molar-refractivity contribution in [3.05, 3.63) is 52.8 Å². The zero-order chi connectivity index (χ0) is 21.4. The minimum absolute atomic E-state index is 0.000106. The maximum absolute atomic E-state index is 15.3. The highest BCUT2D eigenvalue weighted by Gasteiger charge is 2.45. The van der Waals surface area contributed by atoms with Crippen LogP contribution >= 0.6 is 11.3 Å². The van der Waals surface area contributed by atoms with E-state index in [1.165, 1.54) is 17.4 Å². The standard InChI is InChI=1S/C21H22F3N3O2S/c1-9-17(16-7-11-13(8-25)21(23,24)5-4-15(11)30-16)14(22)6-12-18(9)27(10-2-3-10)20(29)26-19(12)28/h6-7,10,13-14,17H,2-5,8,25H2,1H3,(H,26,28,29). The van der Waals surface area contributed by atoms with E-state index in [4.69, 9.17) is 5.73 Å². The summed E-state index contributed by atoms with van der Waals surface area (Å²) in [6.45, 7) is 1.56. The van der Waals surface area contributed by atoms with Gasteiger partial charge < -0.3 is 5.73 Å². The number of nitrogens with two attached hydrogens (primary N) is 1. The largest absolute Gasteiger partial charge is 0.330 e. The van der Waals surface area contributed by atoms with Gasteiger partial charge in [0.05, 0.1) is 22.4 Å². The van der Waals surface area contributed by atoms with Crippen molar-refractivity contribution < 1.29 is 13.2 Å². The fraction of sp³-hybridized carbons (Fsp3) is 0.524. The Labute approximate surface area is 173 Å². The van der Waals surface area contributed by atoms with E-state index >= 15 is 4.39 Å². The Balaban J connectivity index is 1.71. The Morgan fingerprint density at radius 3 is 2.73 bits per heavy atom. The molecule has 5 nitrogen and oxygen atoms in total. The first-order chi connectivity index (χ1) is 14.2. The monoisotopic (exact) mass is 437 g/mol. The highest BCUT2D eigenvalue weighted by Crippen LogP contribution is 2.48. The van der Waals surface area contributed by atoms with Crippen LogP contribution in [-0.4, -0.2) is 28.2 Å². The second-order valence-electron chi connectivity index (χ2n) is 8.47. The van der Waals surface area contributed by atoms with E-state index in [2.05, 4.69) is 4.98 Å². The van der Waals surface area contributed by atoms with Gasteiger partial charge in [-0.05, 0) is 49.5 Å². The quantitative estimate of drug-likeness (QED) is 0.766. The summed E-state index contributed by atoms with van der Waals surface area (Å²) in [6.07, 6.45) is 1.41. The van der Waals surface area contributed by atoms with Crippen molar-refractivity contribution in [3.63, 3.8) is 0 Å². The molecular formula is C21H22F3N3O2S. The van der Waals surface area contributed by atoms with E-state index in [0.29, 0.717) is 21.4 Å². The third-order valence-corrected chi connectivity index (χ3v) is 7.84. The molecule has 5 rings (SSSR count). The van der Waals surface area contributed by atoms with Crippen molar-refractivity contribution in [1.82, 2.24) is 9.55 Å². The van der Waals surface area contributed by atoms with Gasteiger partial charge in [-0.25, -0.2) is 18.0 Å². The molecule has 1 saturated carbocycles. The molecule has 2 aromatic heterocycles. The Morgan fingerprint density at radius 1 is 1.33 bits per heavy atom.